The Morgan fingerprint density at radius 3 is 2.28 bits per heavy atom. The number of pyridine rings is 1. The van der Waals surface area contributed by atoms with Gasteiger partial charge in [0.05, 0.1) is 18.2 Å². The van der Waals surface area contributed by atoms with Crippen LogP contribution in [0.2, 0.25) is 0 Å². The highest BCUT2D eigenvalue weighted by Crippen LogP contribution is 2.40. The van der Waals surface area contributed by atoms with Crippen molar-refractivity contribution in [3.63, 3.8) is 0 Å². The first-order valence-corrected chi connectivity index (χ1v) is 5.19. The van der Waals surface area contributed by atoms with Crippen molar-refractivity contribution in [2.45, 2.75) is 6.18 Å². The van der Waals surface area contributed by atoms with Gasteiger partial charge in [0.1, 0.15) is 0 Å². The lowest BCUT2D eigenvalue weighted by molar-refractivity contribution is -0.137. The summed E-state index contributed by atoms with van der Waals surface area (Å²) in [6, 6.07) is 9.21. The van der Waals surface area contributed by atoms with Crippen LogP contribution in [-0.2, 0) is 6.18 Å². The Bertz CT molecular complexity index is 538. The summed E-state index contributed by atoms with van der Waals surface area (Å²) in [6.45, 7) is 0. The van der Waals surface area contributed by atoms with Gasteiger partial charge in [0, 0.05) is 6.20 Å². The molecule has 0 aliphatic heterocycles. The van der Waals surface area contributed by atoms with Crippen LogP contribution in [0.25, 0.3) is 11.1 Å². The maximum absolute atomic E-state index is 13.0. The summed E-state index contributed by atoms with van der Waals surface area (Å²) in [5, 5.41) is 0. The average molecular weight is 253 g/mol. The fraction of sp³-hybridized carbons (Fsp3) is 0.154. The molecule has 0 N–H and O–H groups in total. The lowest BCUT2D eigenvalue weighted by atomic mass is 10.0. The molecule has 0 aliphatic carbocycles. The number of benzene rings is 1. The van der Waals surface area contributed by atoms with Gasteiger partial charge in [-0.1, -0.05) is 30.3 Å². The third-order valence-electron chi connectivity index (χ3n) is 2.48. The average Bonchev–Trinajstić information content (AvgIpc) is 2.38. The van der Waals surface area contributed by atoms with Crippen molar-refractivity contribution in [1.82, 2.24) is 4.98 Å². The Morgan fingerprint density at radius 1 is 1.06 bits per heavy atom. The summed E-state index contributed by atoms with van der Waals surface area (Å²) in [5.74, 6) is -0.0315. The van der Waals surface area contributed by atoms with Crippen molar-refractivity contribution in [2.75, 3.05) is 7.11 Å². The molecule has 0 radical (unpaired) electrons. The van der Waals surface area contributed by atoms with E-state index in [-0.39, 0.29) is 11.4 Å². The molecule has 94 valence electrons. The van der Waals surface area contributed by atoms with Crippen molar-refractivity contribution < 1.29 is 17.9 Å². The molecule has 0 bridgehead atoms. The lowest BCUT2D eigenvalue weighted by Gasteiger charge is -2.15. The monoisotopic (exact) mass is 253 g/mol. The third-order valence-corrected chi connectivity index (χ3v) is 2.48. The second-order valence-corrected chi connectivity index (χ2v) is 3.61. The molecule has 0 saturated carbocycles. The van der Waals surface area contributed by atoms with Crippen molar-refractivity contribution in [2.24, 2.45) is 0 Å². The first kappa shape index (κ1) is 12.4. The highest BCUT2D eigenvalue weighted by atomic mass is 19.4. The zero-order valence-electron chi connectivity index (χ0n) is 9.53. The van der Waals surface area contributed by atoms with E-state index >= 15 is 0 Å². The van der Waals surface area contributed by atoms with Gasteiger partial charge >= 0.3 is 6.18 Å². The topological polar surface area (TPSA) is 22.1 Å². The van der Waals surface area contributed by atoms with Gasteiger partial charge in [-0.25, -0.2) is 4.98 Å². The van der Waals surface area contributed by atoms with E-state index in [1.165, 1.54) is 7.11 Å². The van der Waals surface area contributed by atoms with Crippen LogP contribution in [0.15, 0.2) is 42.6 Å². The van der Waals surface area contributed by atoms with E-state index in [2.05, 4.69) is 4.98 Å². The summed E-state index contributed by atoms with van der Waals surface area (Å²) in [7, 11) is 1.30. The van der Waals surface area contributed by atoms with E-state index in [4.69, 9.17) is 4.74 Å². The number of rotatable bonds is 2. The largest absolute Gasteiger partial charge is 0.481 e. The van der Waals surface area contributed by atoms with Crippen LogP contribution in [0.3, 0.4) is 0 Å². The third kappa shape index (κ3) is 2.30. The van der Waals surface area contributed by atoms with Crippen LogP contribution in [0.1, 0.15) is 5.56 Å². The van der Waals surface area contributed by atoms with Gasteiger partial charge < -0.3 is 4.74 Å². The van der Waals surface area contributed by atoms with Gasteiger partial charge in [-0.05, 0) is 11.6 Å². The van der Waals surface area contributed by atoms with Crippen LogP contribution in [0, 0.1) is 0 Å². The molecule has 2 aromatic rings. The SMILES string of the molecule is COc1nccc(C(F)(F)F)c1-c1ccccc1. The van der Waals surface area contributed by atoms with Gasteiger partial charge in [0.15, 0.2) is 0 Å². The van der Waals surface area contributed by atoms with Crippen molar-refractivity contribution in [3.05, 3.63) is 48.2 Å². The maximum Gasteiger partial charge on any atom is 0.417 e. The standard InChI is InChI=1S/C13H10F3NO/c1-18-12-11(9-5-3-2-4-6-9)10(7-8-17-12)13(14,15)16/h2-8H,1H3. The molecule has 0 unspecified atom stereocenters. The zero-order valence-corrected chi connectivity index (χ0v) is 9.53. The van der Waals surface area contributed by atoms with Crippen molar-refractivity contribution in [3.8, 4) is 17.0 Å². The van der Waals surface area contributed by atoms with Gasteiger partial charge in [-0.2, -0.15) is 13.2 Å². The molecular formula is C13H10F3NO. The zero-order chi connectivity index (χ0) is 13.2. The van der Waals surface area contributed by atoms with Crippen LogP contribution in [0.4, 0.5) is 13.2 Å². The molecule has 18 heavy (non-hydrogen) atoms. The highest BCUT2D eigenvalue weighted by Gasteiger charge is 2.35. The first-order chi connectivity index (χ1) is 8.54. The van der Waals surface area contributed by atoms with Gasteiger partial charge in [0.25, 0.3) is 0 Å². The molecule has 0 atom stereocenters. The summed E-state index contributed by atoms with van der Waals surface area (Å²) in [4.78, 5) is 3.83. The Kier molecular flexibility index (Phi) is 3.23. The summed E-state index contributed by atoms with van der Waals surface area (Å²) in [6.07, 6.45) is -3.35. The number of hydrogen-bond donors (Lipinski definition) is 0. The number of ether oxygens (including phenoxy) is 1. The molecule has 1 aromatic heterocycles. The molecule has 5 heteroatoms. The fourth-order valence-electron chi connectivity index (χ4n) is 1.72. The Morgan fingerprint density at radius 2 is 1.72 bits per heavy atom. The minimum Gasteiger partial charge on any atom is -0.481 e. The Hall–Kier alpha value is -2.04. The molecule has 2 rings (SSSR count). The summed E-state index contributed by atoms with van der Waals surface area (Å²) in [5.41, 5.74) is -0.358. The Balaban J connectivity index is 2.70. The summed E-state index contributed by atoms with van der Waals surface area (Å²) < 4.78 is 43.8. The summed E-state index contributed by atoms with van der Waals surface area (Å²) >= 11 is 0. The number of methoxy groups -OCH3 is 1. The van der Waals surface area contributed by atoms with Crippen molar-refractivity contribution >= 4 is 0 Å². The normalized spacial score (nSPS) is 11.3. The highest BCUT2D eigenvalue weighted by molar-refractivity contribution is 5.72. The molecule has 2 nitrogen and oxygen atoms in total. The van der Waals surface area contributed by atoms with Crippen LogP contribution in [0.5, 0.6) is 5.88 Å². The number of halogens is 3. The van der Waals surface area contributed by atoms with Crippen LogP contribution < -0.4 is 4.74 Å². The number of aromatic nitrogens is 1. The minimum atomic E-state index is -4.44. The smallest absolute Gasteiger partial charge is 0.417 e. The predicted octanol–water partition coefficient (Wildman–Crippen LogP) is 3.78. The van der Waals surface area contributed by atoms with E-state index in [9.17, 15) is 13.2 Å². The van der Waals surface area contributed by atoms with Crippen molar-refractivity contribution in [1.29, 1.82) is 0 Å². The van der Waals surface area contributed by atoms with E-state index in [1.54, 1.807) is 30.3 Å². The molecule has 1 aromatic carbocycles. The molecule has 0 saturated heterocycles. The van der Waals surface area contributed by atoms with Gasteiger partial charge in [-0.15, -0.1) is 0 Å². The molecule has 0 aliphatic rings. The quantitative estimate of drug-likeness (QED) is 0.812. The van der Waals surface area contributed by atoms with E-state index in [0.29, 0.717) is 5.56 Å². The van der Waals surface area contributed by atoms with Crippen LogP contribution in [-0.4, -0.2) is 12.1 Å². The van der Waals surface area contributed by atoms with E-state index in [1.807, 2.05) is 0 Å². The number of alkyl halides is 3. The van der Waals surface area contributed by atoms with Gasteiger partial charge in [-0.3, -0.25) is 0 Å². The van der Waals surface area contributed by atoms with E-state index in [0.717, 1.165) is 12.3 Å². The minimum absolute atomic E-state index is 0.0315. The second kappa shape index (κ2) is 4.68. The van der Waals surface area contributed by atoms with Crippen LogP contribution >= 0.6 is 0 Å². The molecular weight excluding hydrogens is 243 g/mol. The second-order valence-electron chi connectivity index (χ2n) is 3.61. The first-order valence-electron chi connectivity index (χ1n) is 5.19. The molecule has 1 heterocycles. The van der Waals surface area contributed by atoms with E-state index < -0.39 is 11.7 Å². The molecule has 0 spiro atoms. The Labute approximate surface area is 102 Å². The fourth-order valence-corrected chi connectivity index (χ4v) is 1.72. The lowest BCUT2D eigenvalue weighted by Crippen LogP contribution is -2.09. The number of nitrogens with zero attached hydrogens (tertiary/aromatic N) is 1. The maximum atomic E-state index is 13.0. The number of hydrogen-bond acceptors (Lipinski definition) is 2. The molecule has 0 fully saturated rings. The molecule has 0 amide bonds. The van der Waals surface area contributed by atoms with Gasteiger partial charge in [0.2, 0.25) is 5.88 Å². The predicted molar refractivity (Wildman–Crippen MR) is 61.2 cm³/mol.